The molecule has 2 rings (SSSR count). The Kier molecular flexibility index (Phi) is 4.84. The van der Waals surface area contributed by atoms with Crippen molar-refractivity contribution in [1.29, 1.82) is 0 Å². The Morgan fingerprint density at radius 2 is 1.52 bits per heavy atom. The SMILES string of the molecule is CC1(C)OB(c2ccc(OCC(F)(F)C(F)(F)F)c(F)c2)OC1(C)C. The fourth-order valence-electron chi connectivity index (χ4n) is 2.01. The van der Waals surface area contributed by atoms with Crippen molar-refractivity contribution in [2.45, 2.75) is 51.0 Å². The summed E-state index contributed by atoms with van der Waals surface area (Å²) in [6, 6.07) is 3.16. The molecule has 1 saturated heterocycles. The Labute approximate surface area is 141 Å². The van der Waals surface area contributed by atoms with E-state index >= 15 is 0 Å². The predicted octanol–water partition coefficient (Wildman–Crippen LogP) is 3.70. The highest BCUT2D eigenvalue weighted by atomic mass is 19.4. The molecule has 10 heteroatoms. The molecular formula is C15H17BF6O3. The van der Waals surface area contributed by atoms with Gasteiger partial charge in [-0.15, -0.1) is 0 Å². The lowest BCUT2D eigenvalue weighted by Gasteiger charge is -2.32. The van der Waals surface area contributed by atoms with Gasteiger partial charge in [0.15, 0.2) is 18.2 Å². The maximum Gasteiger partial charge on any atom is 0.494 e. The van der Waals surface area contributed by atoms with E-state index in [1.54, 1.807) is 27.7 Å². The second-order valence-corrected chi connectivity index (χ2v) is 6.77. The Morgan fingerprint density at radius 3 is 1.96 bits per heavy atom. The van der Waals surface area contributed by atoms with Gasteiger partial charge < -0.3 is 14.0 Å². The van der Waals surface area contributed by atoms with Crippen LogP contribution in [0.4, 0.5) is 26.3 Å². The molecule has 0 amide bonds. The fourth-order valence-corrected chi connectivity index (χ4v) is 2.01. The number of hydrogen-bond donors (Lipinski definition) is 0. The lowest BCUT2D eigenvalue weighted by Crippen LogP contribution is -2.42. The van der Waals surface area contributed by atoms with E-state index in [1.165, 1.54) is 6.07 Å². The van der Waals surface area contributed by atoms with Crippen LogP contribution >= 0.6 is 0 Å². The van der Waals surface area contributed by atoms with Gasteiger partial charge in [0, 0.05) is 0 Å². The summed E-state index contributed by atoms with van der Waals surface area (Å²) in [7, 11) is -0.898. The van der Waals surface area contributed by atoms with Gasteiger partial charge in [-0.1, -0.05) is 6.07 Å². The summed E-state index contributed by atoms with van der Waals surface area (Å²) < 4.78 is 91.7. The van der Waals surface area contributed by atoms with E-state index in [9.17, 15) is 26.3 Å². The minimum atomic E-state index is -5.77. The Balaban J connectivity index is 2.12. The van der Waals surface area contributed by atoms with Crippen LogP contribution in [-0.4, -0.2) is 37.0 Å². The molecule has 1 aliphatic rings. The average molecular weight is 370 g/mol. The van der Waals surface area contributed by atoms with Crippen LogP contribution < -0.4 is 10.2 Å². The van der Waals surface area contributed by atoms with Crippen LogP contribution in [0, 0.1) is 5.82 Å². The highest BCUT2D eigenvalue weighted by Gasteiger charge is 2.58. The van der Waals surface area contributed by atoms with Crippen molar-refractivity contribution in [2.75, 3.05) is 6.61 Å². The molecule has 0 spiro atoms. The predicted molar refractivity (Wildman–Crippen MR) is 78.6 cm³/mol. The van der Waals surface area contributed by atoms with Gasteiger partial charge in [0.2, 0.25) is 0 Å². The van der Waals surface area contributed by atoms with Gasteiger partial charge in [-0.2, -0.15) is 22.0 Å². The normalized spacial score (nSPS) is 20.0. The maximum atomic E-state index is 14.0. The first-order chi connectivity index (χ1) is 11.2. The molecule has 0 radical (unpaired) electrons. The number of halogens is 6. The second kappa shape index (κ2) is 6.08. The first-order valence-electron chi connectivity index (χ1n) is 7.39. The molecule has 0 N–H and O–H groups in total. The van der Waals surface area contributed by atoms with Crippen LogP contribution in [0.25, 0.3) is 0 Å². The molecule has 1 heterocycles. The third-order valence-corrected chi connectivity index (χ3v) is 4.31. The molecule has 1 fully saturated rings. The van der Waals surface area contributed by atoms with Crippen molar-refractivity contribution in [3.05, 3.63) is 24.0 Å². The number of alkyl halides is 5. The molecule has 0 unspecified atom stereocenters. The van der Waals surface area contributed by atoms with Crippen molar-refractivity contribution in [3.8, 4) is 5.75 Å². The standard InChI is InChI=1S/C15H17BF6O3/c1-12(2)13(3,4)25-16(24-12)9-5-6-11(10(17)7-9)23-8-14(18,19)15(20,21)22/h5-7H,8H2,1-4H3. The van der Waals surface area contributed by atoms with E-state index in [0.29, 0.717) is 0 Å². The second-order valence-electron chi connectivity index (χ2n) is 6.77. The van der Waals surface area contributed by atoms with Gasteiger partial charge in [-0.25, -0.2) is 4.39 Å². The van der Waals surface area contributed by atoms with Crippen LogP contribution in [0.3, 0.4) is 0 Å². The van der Waals surface area contributed by atoms with Crippen molar-refractivity contribution in [2.24, 2.45) is 0 Å². The summed E-state index contributed by atoms with van der Waals surface area (Å²) >= 11 is 0. The number of rotatable bonds is 4. The smallest absolute Gasteiger partial charge is 0.484 e. The zero-order valence-electron chi connectivity index (χ0n) is 14.0. The van der Waals surface area contributed by atoms with Gasteiger partial charge in [-0.05, 0) is 45.3 Å². The van der Waals surface area contributed by atoms with E-state index in [1.807, 2.05) is 0 Å². The summed E-state index contributed by atoms with van der Waals surface area (Å²) in [5.41, 5.74) is -1.08. The van der Waals surface area contributed by atoms with Gasteiger partial charge in [0.25, 0.3) is 0 Å². The molecule has 1 aromatic rings. The van der Waals surface area contributed by atoms with Crippen LogP contribution in [0.15, 0.2) is 18.2 Å². The average Bonchev–Trinajstić information content (AvgIpc) is 2.65. The van der Waals surface area contributed by atoms with Crippen LogP contribution in [0.2, 0.25) is 0 Å². The fraction of sp³-hybridized carbons (Fsp3) is 0.600. The molecule has 0 bridgehead atoms. The molecule has 0 saturated carbocycles. The molecule has 3 nitrogen and oxygen atoms in total. The maximum absolute atomic E-state index is 14.0. The molecule has 1 aliphatic heterocycles. The largest absolute Gasteiger partial charge is 0.494 e. The quantitative estimate of drug-likeness (QED) is 0.598. The minimum Gasteiger partial charge on any atom is -0.484 e. The highest BCUT2D eigenvalue weighted by molar-refractivity contribution is 6.62. The van der Waals surface area contributed by atoms with Gasteiger partial charge in [0.1, 0.15) is 0 Å². The summed E-state index contributed by atoms with van der Waals surface area (Å²) in [5.74, 6) is -6.89. The third kappa shape index (κ3) is 3.89. The molecule has 1 aromatic carbocycles. The Hall–Kier alpha value is -1.42. The summed E-state index contributed by atoms with van der Waals surface area (Å²) in [6.45, 7) is 5.16. The number of benzene rings is 1. The number of hydrogen-bond acceptors (Lipinski definition) is 3. The van der Waals surface area contributed by atoms with E-state index in [2.05, 4.69) is 4.74 Å². The van der Waals surface area contributed by atoms with E-state index in [-0.39, 0.29) is 5.46 Å². The molecule has 0 aliphatic carbocycles. The third-order valence-electron chi connectivity index (χ3n) is 4.31. The monoisotopic (exact) mass is 370 g/mol. The molecular weight excluding hydrogens is 353 g/mol. The van der Waals surface area contributed by atoms with Gasteiger partial charge >= 0.3 is 19.2 Å². The van der Waals surface area contributed by atoms with E-state index in [4.69, 9.17) is 9.31 Å². The van der Waals surface area contributed by atoms with E-state index < -0.39 is 48.6 Å². The van der Waals surface area contributed by atoms with Crippen molar-refractivity contribution in [3.63, 3.8) is 0 Å². The summed E-state index contributed by atoms with van der Waals surface area (Å²) in [6.07, 6.45) is -5.77. The van der Waals surface area contributed by atoms with Crippen LogP contribution in [-0.2, 0) is 9.31 Å². The first-order valence-corrected chi connectivity index (χ1v) is 7.39. The van der Waals surface area contributed by atoms with Crippen molar-refractivity contribution in [1.82, 2.24) is 0 Å². The summed E-state index contributed by atoms with van der Waals surface area (Å²) in [4.78, 5) is 0. The van der Waals surface area contributed by atoms with Crippen molar-refractivity contribution < 1.29 is 40.4 Å². The zero-order valence-corrected chi connectivity index (χ0v) is 14.0. The Bertz CT molecular complexity index is 629. The highest BCUT2D eigenvalue weighted by Crippen LogP contribution is 2.37. The molecule has 140 valence electrons. The lowest BCUT2D eigenvalue weighted by molar-refractivity contribution is -0.290. The molecule has 25 heavy (non-hydrogen) atoms. The van der Waals surface area contributed by atoms with Gasteiger partial charge in [0.05, 0.1) is 11.2 Å². The molecule has 0 aromatic heterocycles. The molecule has 0 atom stereocenters. The van der Waals surface area contributed by atoms with E-state index in [0.717, 1.165) is 12.1 Å². The minimum absolute atomic E-state index is 0.256. The first kappa shape index (κ1) is 19.9. The van der Waals surface area contributed by atoms with Crippen LogP contribution in [0.5, 0.6) is 5.75 Å². The summed E-state index contributed by atoms with van der Waals surface area (Å²) in [5, 5.41) is 0. The zero-order chi connectivity index (χ0) is 19.3. The number of ether oxygens (including phenoxy) is 1. The van der Waals surface area contributed by atoms with Crippen molar-refractivity contribution >= 4 is 12.6 Å². The Morgan fingerprint density at radius 1 is 1.00 bits per heavy atom. The van der Waals surface area contributed by atoms with Gasteiger partial charge in [-0.3, -0.25) is 0 Å². The topological polar surface area (TPSA) is 27.7 Å². The van der Waals surface area contributed by atoms with Crippen LogP contribution in [0.1, 0.15) is 27.7 Å². The lowest BCUT2D eigenvalue weighted by atomic mass is 9.79.